The third kappa shape index (κ3) is 5.06. The molecular weight excluding hydrogens is 368 g/mol. The Labute approximate surface area is 160 Å². The van der Waals surface area contributed by atoms with E-state index in [1.807, 2.05) is 12.1 Å². The van der Waals surface area contributed by atoms with Crippen LogP contribution in [0.1, 0.15) is 24.0 Å². The van der Waals surface area contributed by atoms with Crippen LogP contribution in [0.4, 0.5) is 14.5 Å². The molecule has 0 aliphatic rings. The number of hydrogen-bond acceptors (Lipinski definition) is 4. The fourth-order valence-electron chi connectivity index (χ4n) is 2.44. The molecule has 0 aliphatic carbocycles. The predicted molar refractivity (Wildman–Crippen MR) is 100 cm³/mol. The quantitative estimate of drug-likeness (QED) is 0.614. The molecule has 0 radical (unpaired) electrons. The zero-order chi connectivity index (χ0) is 20.1. The highest BCUT2D eigenvalue weighted by molar-refractivity contribution is 6.01. The Morgan fingerprint density at radius 2 is 2.04 bits per heavy atom. The summed E-state index contributed by atoms with van der Waals surface area (Å²) in [6.45, 7) is 0.949. The van der Waals surface area contributed by atoms with Gasteiger partial charge in [0.1, 0.15) is 11.5 Å². The number of hydrogen-bond donors (Lipinski definition) is 1. The molecule has 2 heterocycles. The van der Waals surface area contributed by atoms with Crippen LogP contribution in [0, 0.1) is 0 Å². The average Bonchev–Trinajstić information content (AvgIpc) is 3.30. The van der Waals surface area contributed by atoms with Crippen molar-refractivity contribution in [3.8, 4) is 5.75 Å². The summed E-state index contributed by atoms with van der Waals surface area (Å²) in [4.78, 5) is 12.0. The number of benzene rings is 1. The SMILES string of the molecule is COc1ccc(/C=C\C(=O)Nc2cnn(Cc3ccc(C(C)(F)F)o3)c2)cc1. The third-order valence-electron chi connectivity index (χ3n) is 3.86. The van der Waals surface area contributed by atoms with E-state index in [2.05, 4.69) is 10.4 Å². The minimum absolute atomic E-state index is 0.174. The maximum absolute atomic E-state index is 13.2. The minimum Gasteiger partial charge on any atom is -0.497 e. The van der Waals surface area contributed by atoms with E-state index in [1.165, 1.54) is 29.1 Å². The molecule has 0 atom stereocenters. The summed E-state index contributed by atoms with van der Waals surface area (Å²) in [5.74, 6) is -2.66. The van der Waals surface area contributed by atoms with Crippen molar-refractivity contribution >= 4 is 17.7 Å². The molecule has 1 amide bonds. The van der Waals surface area contributed by atoms with Gasteiger partial charge < -0.3 is 14.5 Å². The Balaban J connectivity index is 1.57. The molecule has 0 fully saturated rings. The zero-order valence-electron chi connectivity index (χ0n) is 15.4. The molecule has 1 aromatic carbocycles. The van der Waals surface area contributed by atoms with Crippen LogP contribution < -0.4 is 10.1 Å². The second-order valence-corrected chi connectivity index (χ2v) is 6.18. The largest absolute Gasteiger partial charge is 0.497 e. The monoisotopic (exact) mass is 387 g/mol. The summed E-state index contributed by atoms with van der Waals surface area (Å²) < 4.78 is 38.1. The molecule has 0 saturated carbocycles. The number of ether oxygens (including phenoxy) is 1. The van der Waals surface area contributed by atoms with Crippen molar-refractivity contribution < 1.29 is 22.7 Å². The number of methoxy groups -OCH3 is 1. The van der Waals surface area contributed by atoms with Gasteiger partial charge in [-0.25, -0.2) is 0 Å². The predicted octanol–water partition coefficient (Wildman–Crippen LogP) is 4.30. The van der Waals surface area contributed by atoms with Crippen molar-refractivity contribution in [2.75, 3.05) is 12.4 Å². The summed E-state index contributed by atoms with van der Waals surface area (Å²) in [6, 6.07) is 9.98. The van der Waals surface area contributed by atoms with E-state index in [9.17, 15) is 13.6 Å². The molecule has 0 aliphatic heterocycles. The Hall–Kier alpha value is -3.42. The first kappa shape index (κ1) is 19.3. The third-order valence-corrected chi connectivity index (χ3v) is 3.86. The van der Waals surface area contributed by atoms with Crippen molar-refractivity contribution in [3.63, 3.8) is 0 Å². The van der Waals surface area contributed by atoms with Crippen molar-refractivity contribution in [1.29, 1.82) is 0 Å². The Kier molecular flexibility index (Phi) is 5.58. The summed E-state index contributed by atoms with van der Waals surface area (Å²) in [5.41, 5.74) is 1.34. The van der Waals surface area contributed by atoms with E-state index < -0.39 is 11.7 Å². The van der Waals surface area contributed by atoms with Crippen LogP contribution in [0.25, 0.3) is 6.08 Å². The number of rotatable bonds is 7. The molecule has 2 aromatic heterocycles. The fourth-order valence-corrected chi connectivity index (χ4v) is 2.44. The van der Waals surface area contributed by atoms with Crippen molar-refractivity contribution in [2.24, 2.45) is 0 Å². The highest BCUT2D eigenvalue weighted by Crippen LogP contribution is 2.28. The number of aromatic nitrogens is 2. The van der Waals surface area contributed by atoms with E-state index >= 15 is 0 Å². The van der Waals surface area contributed by atoms with Gasteiger partial charge >= 0.3 is 5.92 Å². The topological polar surface area (TPSA) is 69.3 Å². The normalized spacial score (nSPS) is 11.7. The van der Waals surface area contributed by atoms with Crippen molar-refractivity contribution in [1.82, 2.24) is 9.78 Å². The number of halogens is 2. The van der Waals surface area contributed by atoms with Gasteiger partial charge in [0.25, 0.3) is 0 Å². The first-order valence-electron chi connectivity index (χ1n) is 8.46. The van der Waals surface area contributed by atoms with Crippen LogP contribution in [0.15, 0.2) is 59.3 Å². The van der Waals surface area contributed by atoms with Gasteiger partial charge in [-0.1, -0.05) is 12.1 Å². The second kappa shape index (κ2) is 8.08. The molecule has 0 spiro atoms. The van der Waals surface area contributed by atoms with Gasteiger partial charge in [-0.15, -0.1) is 0 Å². The van der Waals surface area contributed by atoms with Crippen LogP contribution in [0.3, 0.4) is 0 Å². The number of anilines is 1. The van der Waals surface area contributed by atoms with E-state index in [4.69, 9.17) is 9.15 Å². The van der Waals surface area contributed by atoms with Gasteiger partial charge in [0, 0.05) is 19.2 Å². The maximum atomic E-state index is 13.2. The first-order chi connectivity index (χ1) is 13.3. The zero-order valence-corrected chi connectivity index (χ0v) is 15.4. The van der Waals surface area contributed by atoms with Gasteiger partial charge in [-0.05, 0) is 35.9 Å². The molecule has 1 N–H and O–H groups in total. The van der Waals surface area contributed by atoms with Crippen molar-refractivity contribution in [2.45, 2.75) is 19.4 Å². The molecule has 0 unspecified atom stereocenters. The Morgan fingerprint density at radius 1 is 1.29 bits per heavy atom. The van der Waals surface area contributed by atoms with Crippen LogP contribution in [0.5, 0.6) is 5.75 Å². The molecule has 6 nitrogen and oxygen atoms in total. The van der Waals surface area contributed by atoms with Crippen LogP contribution in [0.2, 0.25) is 0 Å². The molecular formula is C20H19F2N3O3. The number of furan rings is 1. The van der Waals surface area contributed by atoms with E-state index in [1.54, 1.807) is 31.5 Å². The molecule has 3 aromatic rings. The highest BCUT2D eigenvalue weighted by Gasteiger charge is 2.28. The van der Waals surface area contributed by atoms with Crippen LogP contribution in [-0.4, -0.2) is 22.8 Å². The van der Waals surface area contributed by atoms with Gasteiger partial charge in [0.05, 0.1) is 25.5 Å². The van der Waals surface area contributed by atoms with Gasteiger partial charge in [0.15, 0.2) is 5.76 Å². The van der Waals surface area contributed by atoms with E-state index in [0.717, 1.165) is 18.2 Å². The maximum Gasteiger partial charge on any atom is 0.301 e. The lowest BCUT2D eigenvalue weighted by Gasteiger charge is -2.05. The molecule has 3 rings (SSSR count). The lowest BCUT2D eigenvalue weighted by atomic mass is 10.2. The highest BCUT2D eigenvalue weighted by atomic mass is 19.3. The number of amides is 1. The summed E-state index contributed by atoms with van der Waals surface area (Å²) in [5, 5.41) is 6.78. The smallest absolute Gasteiger partial charge is 0.301 e. The molecule has 28 heavy (non-hydrogen) atoms. The number of carbonyl (C=O) groups excluding carboxylic acids is 1. The average molecular weight is 387 g/mol. The Morgan fingerprint density at radius 3 is 2.68 bits per heavy atom. The molecule has 0 bridgehead atoms. The molecule has 8 heteroatoms. The lowest BCUT2D eigenvalue weighted by Crippen LogP contribution is -2.07. The molecule has 146 valence electrons. The van der Waals surface area contributed by atoms with Gasteiger partial charge in [0.2, 0.25) is 5.91 Å². The number of nitrogens with one attached hydrogen (secondary N) is 1. The number of alkyl halides is 2. The first-order valence-corrected chi connectivity index (χ1v) is 8.46. The lowest BCUT2D eigenvalue weighted by molar-refractivity contribution is -0.111. The second-order valence-electron chi connectivity index (χ2n) is 6.18. The number of nitrogens with zero attached hydrogens (tertiary/aromatic N) is 2. The van der Waals surface area contributed by atoms with Gasteiger partial charge in [-0.2, -0.15) is 13.9 Å². The standard InChI is InChI=1S/C20H19F2N3O3/c1-20(21,22)18-9-8-17(28-18)13-25-12-15(11-23-25)24-19(26)10-5-14-3-6-16(27-2)7-4-14/h3-12H,13H2,1-2H3,(H,24,26)/b10-5-. The molecule has 0 saturated heterocycles. The Bertz CT molecular complexity index is 969. The minimum atomic E-state index is -3.03. The summed E-state index contributed by atoms with van der Waals surface area (Å²) >= 11 is 0. The van der Waals surface area contributed by atoms with Crippen molar-refractivity contribution in [3.05, 3.63) is 72.0 Å². The fraction of sp³-hybridized carbons (Fsp3) is 0.200. The van der Waals surface area contributed by atoms with Gasteiger partial charge in [-0.3, -0.25) is 9.48 Å². The number of carbonyl (C=O) groups is 1. The summed E-state index contributed by atoms with van der Waals surface area (Å²) in [6.07, 6.45) is 6.14. The van der Waals surface area contributed by atoms with Crippen LogP contribution in [-0.2, 0) is 17.3 Å². The van der Waals surface area contributed by atoms with Crippen LogP contribution >= 0.6 is 0 Å². The van der Waals surface area contributed by atoms with E-state index in [-0.39, 0.29) is 12.5 Å². The van der Waals surface area contributed by atoms with E-state index in [0.29, 0.717) is 11.4 Å². The summed E-state index contributed by atoms with van der Waals surface area (Å²) in [7, 11) is 1.59.